The van der Waals surface area contributed by atoms with Crippen molar-refractivity contribution in [2.45, 2.75) is 24.5 Å². The van der Waals surface area contributed by atoms with E-state index in [1.54, 1.807) is 61.5 Å². The number of carbonyl (C=O) groups excluding carboxylic acids is 1. The van der Waals surface area contributed by atoms with Gasteiger partial charge in [-0.2, -0.15) is 11.8 Å². The first-order valence-electron chi connectivity index (χ1n) is 10.2. The summed E-state index contributed by atoms with van der Waals surface area (Å²) in [5.74, 6) is 0.392. The lowest BCUT2D eigenvalue weighted by atomic mass is 10.1. The average Bonchev–Trinajstić information content (AvgIpc) is 2.76. The van der Waals surface area contributed by atoms with Crippen LogP contribution in [0.5, 0.6) is 0 Å². The van der Waals surface area contributed by atoms with Gasteiger partial charge in [0.1, 0.15) is 5.82 Å². The molecule has 0 bridgehead atoms. The number of hydrogen-bond donors (Lipinski definition) is 2. The molecule has 0 spiro atoms. The molecular weight excluding hydrogens is 483 g/mol. The van der Waals surface area contributed by atoms with Gasteiger partial charge in [0.15, 0.2) is 0 Å². The minimum atomic E-state index is -3.72. The Hall–Kier alpha value is -2.55. The Kier molecular flexibility index (Phi) is 8.40. The minimum Gasteiger partial charge on any atom is -0.351 e. The number of carbonyl (C=O) groups is 1. The molecule has 0 radical (unpaired) electrons. The highest BCUT2D eigenvalue weighted by atomic mass is 35.5. The van der Waals surface area contributed by atoms with Crippen LogP contribution in [0, 0.1) is 19.7 Å². The van der Waals surface area contributed by atoms with Gasteiger partial charge < -0.3 is 5.32 Å². The molecule has 0 atom stereocenters. The van der Waals surface area contributed by atoms with Gasteiger partial charge >= 0.3 is 0 Å². The van der Waals surface area contributed by atoms with Crippen LogP contribution in [0.15, 0.2) is 65.6 Å². The lowest BCUT2D eigenvalue weighted by Crippen LogP contribution is -2.26. The van der Waals surface area contributed by atoms with Gasteiger partial charge in [-0.1, -0.05) is 35.4 Å². The second kappa shape index (κ2) is 11.0. The molecule has 0 heterocycles. The number of aryl methyl sites for hydroxylation is 2. The zero-order valence-corrected chi connectivity index (χ0v) is 20.6. The fourth-order valence-corrected chi connectivity index (χ4v) is 5.35. The number of thioether (sulfide) groups is 1. The van der Waals surface area contributed by atoms with Crippen molar-refractivity contribution in [1.82, 2.24) is 5.32 Å². The van der Waals surface area contributed by atoms with Crippen molar-refractivity contribution in [2.75, 3.05) is 17.0 Å². The first-order valence-corrected chi connectivity index (χ1v) is 13.2. The summed E-state index contributed by atoms with van der Waals surface area (Å²) in [6, 6.07) is 15.9. The van der Waals surface area contributed by atoms with Gasteiger partial charge in [0.2, 0.25) is 0 Å². The molecule has 0 aromatic heterocycles. The zero-order valence-electron chi connectivity index (χ0n) is 18.2. The van der Waals surface area contributed by atoms with Gasteiger partial charge in [0.05, 0.1) is 10.6 Å². The minimum absolute atomic E-state index is 0.170. The van der Waals surface area contributed by atoms with Crippen molar-refractivity contribution in [3.05, 3.63) is 93.8 Å². The smallest absolute Gasteiger partial charge is 0.261 e. The molecule has 0 saturated carbocycles. The summed E-state index contributed by atoms with van der Waals surface area (Å²) in [6.45, 7) is 4.02. The van der Waals surface area contributed by atoms with E-state index >= 15 is 0 Å². The van der Waals surface area contributed by atoms with Gasteiger partial charge in [-0.05, 0) is 61.9 Å². The van der Waals surface area contributed by atoms with E-state index in [-0.39, 0.29) is 16.6 Å². The quantitative estimate of drug-likeness (QED) is 0.372. The lowest BCUT2D eigenvalue weighted by Gasteiger charge is -2.12. The SMILES string of the molecule is Cc1ccc(S(=O)(=O)Nc2ccc(C(=O)NCCSCc3c(F)cccc3Cl)cc2C)cc1. The summed E-state index contributed by atoms with van der Waals surface area (Å²) in [5, 5.41) is 3.20. The summed E-state index contributed by atoms with van der Waals surface area (Å²) >= 11 is 7.48. The second-order valence-electron chi connectivity index (χ2n) is 7.46. The van der Waals surface area contributed by atoms with Crippen LogP contribution >= 0.6 is 23.4 Å². The molecule has 3 aromatic carbocycles. The molecule has 1 amide bonds. The van der Waals surface area contributed by atoms with Crippen molar-refractivity contribution in [3.8, 4) is 0 Å². The highest BCUT2D eigenvalue weighted by molar-refractivity contribution is 7.98. The Labute approximate surface area is 202 Å². The second-order valence-corrected chi connectivity index (χ2v) is 10.7. The highest BCUT2D eigenvalue weighted by Crippen LogP contribution is 2.24. The third-order valence-electron chi connectivity index (χ3n) is 4.90. The summed E-state index contributed by atoms with van der Waals surface area (Å²) in [6.07, 6.45) is 0. The van der Waals surface area contributed by atoms with Gasteiger partial charge in [-0.15, -0.1) is 0 Å². The monoisotopic (exact) mass is 506 g/mol. The first kappa shape index (κ1) is 25.1. The van der Waals surface area contributed by atoms with Crippen molar-refractivity contribution in [2.24, 2.45) is 0 Å². The van der Waals surface area contributed by atoms with E-state index in [1.165, 1.54) is 17.8 Å². The number of benzene rings is 3. The van der Waals surface area contributed by atoms with E-state index in [2.05, 4.69) is 10.0 Å². The standard InChI is InChI=1S/C24H24ClFN2O3S2/c1-16-6-9-19(10-7-16)33(30,31)28-23-11-8-18(14-17(23)2)24(29)27-12-13-32-15-20-21(25)4-3-5-22(20)26/h3-11,14,28H,12-13,15H2,1-2H3,(H,27,29). The van der Waals surface area contributed by atoms with Gasteiger partial charge in [-0.3, -0.25) is 9.52 Å². The van der Waals surface area contributed by atoms with Crippen LogP contribution in [0.2, 0.25) is 5.02 Å². The fraction of sp³-hybridized carbons (Fsp3) is 0.208. The number of nitrogens with one attached hydrogen (secondary N) is 2. The van der Waals surface area contributed by atoms with Crippen LogP contribution in [0.1, 0.15) is 27.0 Å². The molecule has 0 aliphatic carbocycles. The zero-order chi connectivity index (χ0) is 24.0. The Morgan fingerprint density at radius 3 is 2.45 bits per heavy atom. The molecule has 5 nitrogen and oxygen atoms in total. The fourth-order valence-electron chi connectivity index (χ4n) is 3.02. The number of sulfonamides is 1. The summed E-state index contributed by atoms with van der Waals surface area (Å²) in [4.78, 5) is 12.6. The Morgan fingerprint density at radius 2 is 1.79 bits per heavy atom. The van der Waals surface area contributed by atoms with E-state index in [4.69, 9.17) is 11.6 Å². The molecule has 174 valence electrons. The Balaban J connectivity index is 1.53. The normalized spacial score (nSPS) is 11.3. The number of anilines is 1. The molecular formula is C24H24ClFN2O3S2. The highest BCUT2D eigenvalue weighted by Gasteiger charge is 2.16. The molecule has 0 saturated heterocycles. The van der Waals surface area contributed by atoms with Crippen molar-refractivity contribution < 1.29 is 17.6 Å². The van der Waals surface area contributed by atoms with E-state index < -0.39 is 10.0 Å². The number of rotatable bonds is 9. The van der Waals surface area contributed by atoms with Crippen molar-refractivity contribution >= 4 is 45.0 Å². The van der Waals surface area contributed by atoms with E-state index in [9.17, 15) is 17.6 Å². The van der Waals surface area contributed by atoms with Crippen LogP contribution in [0.3, 0.4) is 0 Å². The van der Waals surface area contributed by atoms with Crippen molar-refractivity contribution in [1.29, 1.82) is 0 Å². The van der Waals surface area contributed by atoms with Gasteiger partial charge in [0.25, 0.3) is 15.9 Å². The molecule has 2 N–H and O–H groups in total. The molecule has 9 heteroatoms. The molecule has 3 rings (SSSR count). The predicted molar refractivity (Wildman–Crippen MR) is 133 cm³/mol. The molecule has 33 heavy (non-hydrogen) atoms. The lowest BCUT2D eigenvalue weighted by molar-refractivity contribution is 0.0956. The third kappa shape index (κ3) is 6.72. The van der Waals surface area contributed by atoms with Gasteiger partial charge in [-0.25, -0.2) is 12.8 Å². The van der Waals surface area contributed by atoms with Crippen LogP contribution in [-0.4, -0.2) is 26.6 Å². The number of hydrogen-bond acceptors (Lipinski definition) is 4. The average molecular weight is 507 g/mol. The Bertz CT molecular complexity index is 1230. The first-order chi connectivity index (χ1) is 15.7. The summed E-state index contributed by atoms with van der Waals surface area (Å²) in [5.41, 5.74) is 2.88. The molecule has 0 aliphatic rings. The van der Waals surface area contributed by atoms with Crippen molar-refractivity contribution in [3.63, 3.8) is 0 Å². The van der Waals surface area contributed by atoms with Crippen LogP contribution in [0.25, 0.3) is 0 Å². The maximum atomic E-state index is 13.8. The maximum Gasteiger partial charge on any atom is 0.261 e. The van der Waals surface area contributed by atoms with E-state index in [0.717, 1.165) is 5.56 Å². The van der Waals surface area contributed by atoms with E-state index in [1.807, 2.05) is 6.92 Å². The summed E-state index contributed by atoms with van der Waals surface area (Å²) in [7, 11) is -3.72. The topological polar surface area (TPSA) is 75.3 Å². The Morgan fingerprint density at radius 1 is 1.06 bits per heavy atom. The molecule has 3 aromatic rings. The van der Waals surface area contributed by atoms with Gasteiger partial charge in [0, 0.05) is 34.2 Å². The van der Waals surface area contributed by atoms with Crippen LogP contribution in [0.4, 0.5) is 10.1 Å². The van der Waals surface area contributed by atoms with Crippen LogP contribution < -0.4 is 10.0 Å². The maximum absolute atomic E-state index is 13.8. The number of amides is 1. The molecule has 0 unspecified atom stereocenters. The molecule has 0 aliphatic heterocycles. The number of halogens is 2. The van der Waals surface area contributed by atoms with Crippen LogP contribution in [-0.2, 0) is 15.8 Å². The molecule has 0 fully saturated rings. The predicted octanol–water partition coefficient (Wildman–Crippen LogP) is 5.56. The third-order valence-corrected chi connectivity index (χ3v) is 7.63. The summed E-state index contributed by atoms with van der Waals surface area (Å²) < 4.78 is 41.6. The van der Waals surface area contributed by atoms with E-state index in [0.29, 0.717) is 45.5 Å². The largest absolute Gasteiger partial charge is 0.351 e.